The summed E-state index contributed by atoms with van der Waals surface area (Å²) in [4.78, 5) is 25.8. The Kier molecular flexibility index (Phi) is 4.05. The van der Waals surface area contributed by atoms with Crippen molar-refractivity contribution < 1.29 is 18.7 Å². The van der Waals surface area contributed by atoms with Crippen LogP contribution in [-0.2, 0) is 9.53 Å². The van der Waals surface area contributed by atoms with Gasteiger partial charge < -0.3 is 15.5 Å². The number of hydrogen-bond donors (Lipinski definition) is 2. The first-order chi connectivity index (χ1) is 9.47. The highest BCUT2D eigenvalue weighted by molar-refractivity contribution is 6.30. The number of benzene rings is 1. The number of amides is 1. The Morgan fingerprint density at radius 3 is 2.45 bits per heavy atom. The second-order valence-corrected chi connectivity index (χ2v) is 4.41. The summed E-state index contributed by atoms with van der Waals surface area (Å²) in [7, 11) is 0. The average molecular weight is 297 g/mol. The number of primary amides is 1. The van der Waals surface area contributed by atoms with Gasteiger partial charge >= 0.3 is 5.97 Å². The molecular formula is C13H10ClFN2O3. The molecule has 2 aromatic rings. The fourth-order valence-corrected chi connectivity index (χ4v) is 1.75. The molecule has 1 atom stereocenters. The number of carbonyl (C=O) groups is 2. The number of aromatic amines is 1. The zero-order chi connectivity index (χ0) is 14.7. The molecule has 0 aliphatic carbocycles. The fourth-order valence-electron chi connectivity index (χ4n) is 1.58. The predicted octanol–water partition coefficient (Wildman–Crippen LogP) is 2.19. The van der Waals surface area contributed by atoms with Gasteiger partial charge in [0.25, 0.3) is 5.91 Å². The minimum absolute atomic E-state index is 0.0864. The third-order valence-corrected chi connectivity index (χ3v) is 2.74. The SMILES string of the molecule is NC(=O)[C@@H](OC(=O)c1cc(Cl)c[nH]1)c1ccc(F)cc1. The molecule has 5 nitrogen and oxygen atoms in total. The van der Waals surface area contributed by atoms with Crippen LogP contribution in [0.2, 0.25) is 5.02 Å². The third kappa shape index (κ3) is 3.16. The number of esters is 1. The molecule has 1 aromatic carbocycles. The Balaban J connectivity index is 2.20. The summed E-state index contributed by atoms with van der Waals surface area (Å²) < 4.78 is 17.8. The van der Waals surface area contributed by atoms with Gasteiger partial charge in [-0.3, -0.25) is 4.79 Å². The molecule has 0 spiro atoms. The lowest BCUT2D eigenvalue weighted by Crippen LogP contribution is -2.26. The van der Waals surface area contributed by atoms with Gasteiger partial charge in [-0.25, -0.2) is 9.18 Å². The second-order valence-electron chi connectivity index (χ2n) is 3.97. The molecule has 0 radical (unpaired) electrons. The Hall–Kier alpha value is -2.34. The topological polar surface area (TPSA) is 85.2 Å². The Bertz CT molecular complexity index is 639. The number of nitrogens with two attached hydrogens (primary N) is 1. The van der Waals surface area contributed by atoms with Crippen LogP contribution in [0.25, 0.3) is 0 Å². The highest BCUT2D eigenvalue weighted by Gasteiger charge is 2.24. The monoisotopic (exact) mass is 296 g/mol. The van der Waals surface area contributed by atoms with E-state index < -0.39 is 23.8 Å². The summed E-state index contributed by atoms with van der Waals surface area (Å²) in [5.74, 6) is -2.12. The first-order valence-corrected chi connectivity index (χ1v) is 5.95. The number of aromatic nitrogens is 1. The molecule has 104 valence electrons. The molecule has 1 amide bonds. The molecule has 0 aliphatic rings. The minimum Gasteiger partial charge on any atom is -0.443 e. The van der Waals surface area contributed by atoms with E-state index in [1.54, 1.807) is 0 Å². The molecule has 1 aromatic heterocycles. The van der Waals surface area contributed by atoms with Crippen molar-refractivity contribution in [1.82, 2.24) is 4.98 Å². The smallest absolute Gasteiger partial charge is 0.355 e. The maximum atomic E-state index is 12.8. The van der Waals surface area contributed by atoms with Gasteiger partial charge in [-0.15, -0.1) is 0 Å². The van der Waals surface area contributed by atoms with E-state index in [0.29, 0.717) is 5.02 Å². The van der Waals surface area contributed by atoms with Crippen molar-refractivity contribution in [3.63, 3.8) is 0 Å². The van der Waals surface area contributed by atoms with Gasteiger partial charge in [-0.05, 0) is 18.2 Å². The molecule has 0 saturated carbocycles. The summed E-state index contributed by atoms with van der Waals surface area (Å²) in [6.07, 6.45) is 0.0974. The molecule has 0 bridgehead atoms. The van der Waals surface area contributed by atoms with E-state index in [4.69, 9.17) is 22.1 Å². The van der Waals surface area contributed by atoms with Crippen LogP contribution in [0.15, 0.2) is 36.5 Å². The van der Waals surface area contributed by atoms with E-state index in [1.807, 2.05) is 0 Å². The number of rotatable bonds is 4. The van der Waals surface area contributed by atoms with E-state index in [2.05, 4.69) is 4.98 Å². The van der Waals surface area contributed by atoms with Crippen LogP contribution < -0.4 is 5.73 Å². The van der Waals surface area contributed by atoms with Gasteiger partial charge in [0.05, 0.1) is 5.02 Å². The first kappa shape index (κ1) is 14.1. The standard InChI is InChI=1S/C13H10ClFN2O3/c14-8-5-10(17-6-8)13(19)20-11(12(16)18)7-1-3-9(15)4-2-7/h1-6,11,17H,(H2,16,18)/t11-/m0/s1. The number of H-pyrrole nitrogens is 1. The van der Waals surface area contributed by atoms with E-state index in [9.17, 15) is 14.0 Å². The van der Waals surface area contributed by atoms with Crippen LogP contribution in [0.5, 0.6) is 0 Å². The van der Waals surface area contributed by atoms with E-state index in [-0.39, 0.29) is 11.3 Å². The van der Waals surface area contributed by atoms with Crippen molar-refractivity contribution in [1.29, 1.82) is 0 Å². The number of carbonyl (C=O) groups excluding carboxylic acids is 2. The molecule has 20 heavy (non-hydrogen) atoms. The summed E-state index contributed by atoms with van der Waals surface area (Å²) in [5, 5.41) is 0.328. The largest absolute Gasteiger partial charge is 0.443 e. The van der Waals surface area contributed by atoms with Gasteiger partial charge in [0.15, 0.2) is 0 Å². The Morgan fingerprint density at radius 2 is 1.95 bits per heavy atom. The van der Waals surface area contributed by atoms with Crippen molar-refractivity contribution in [3.8, 4) is 0 Å². The van der Waals surface area contributed by atoms with Gasteiger partial charge in [0.2, 0.25) is 6.10 Å². The first-order valence-electron chi connectivity index (χ1n) is 5.57. The normalized spacial score (nSPS) is 11.9. The molecule has 0 saturated heterocycles. The maximum Gasteiger partial charge on any atom is 0.355 e. The average Bonchev–Trinajstić information content (AvgIpc) is 2.83. The van der Waals surface area contributed by atoms with Crippen molar-refractivity contribution in [3.05, 3.63) is 58.6 Å². The predicted molar refractivity (Wildman–Crippen MR) is 69.6 cm³/mol. The van der Waals surface area contributed by atoms with Crippen LogP contribution in [0.1, 0.15) is 22.2 Å². The lowest BCUT2D eigenvalue weighted by Gasteiger charge is -2.14. The van der Waals surface area contributed by atoms with Gasteiger partial charge in [-0.2, -0.15) is 0 Å². The lowest BCUT2D eigenvalue weighted by atomic mass is 10.1. The van der Waals surface area contributed by atoms with Gasteiger partial charge in [-0.1, -0.05) is 23.7 Å². The molecule has 1 heterocycles. The minimum atomic E-state index is -1.30. The highest BCUT2D eigenvalue weighted by Crippen LogP contribution is 2.20. The van der Waals surface area contributed by atoms with Gasteiger partial charge in [0.1, 0.15) is 11.5 Å². The van der Waals surface area contributed by atoms with Crippen LogP contribution in [0, 0.1) is 5.82 Å². The van der Waals surface area contributed by atoms with E-state index in [0.717, 1.165) is 12.1 Å². The van der Waals surface area contributed by atoms with Crippen LogP contribution in [0.3, 0.4) is 0 Å². The highest BCUT2D eigenvalue weighted by atomic mass is 35.5. The Labute approximate surface area is 118 Å². The summed E-state index contributed by atoms with van der Waals surface area (Å²) in [5.41, 5.74) is 5.56. The summed E-state index contributed by atoms with van der Waals surface area (Å²) in [6.45, 7) is 0. The molecule has 3 N–H and O–H groups in total. The quantitative estimate of drug-likeness (QED) is 0.848. The van der Waals surface area contributed by atoms with E-state index >= 15 is 0 Å². The molecule has 0 unspecified atom stereocenters. The molecule has 7 heteroatoms. The van der Waals surface area contributed by atoms with Crippen molar-refractivity contribution in [2.45, 2.75) is 6.10 Å². The van der Waals surface area contributed by atoms with Crippen molar-refractivity contribution in [2.75, 3.05) is 0 Å². The summed E-state index contributed by atoms with van der Waals surface area (Å²) >= 11 is 5.67. The molecule has 2 rings (SSSR count). The van der Waals surface area contributed by atoms with Gasteiger partial charge in [0, 0.05) is 11.8 Å². The second kappa shape index (κ2) is 5.75. The van der Waals surface area contributed by atoms with Crippen LogP contribution in [-0.4, -0.2) is 16.9 Å². The van der Waals surface area contributed by atoms with Crippen LogP contribution >= 0.6 is 11.6 Å². The van der Waals surface area contributed by atoms with E-state index in [1.165, 1.54) is 24.4 Å². The Morgan fingerprint density at radius 1 is 1.30 bits per heavy atom. The maximum absolute atomic E-state index is 12.8. The molecule has 0 fully saturated rings. The zero-order valence-corrected chi connectivity index (χ0v) is 10.9. The molecule has 0 aliphatic heterocycles. The third-order valence-electron chi connectivity index (χ3n) is 2.52. The molecular weight excluding hydrogens is 287 g/mol. The lowest BCUT2D eigenvalue weighted by molar-refractivity contribution is -0.127. The number of nitrogens with one attached hydrogen (secondary N) is 1. The number of ether oxygens (including phenoxy) is 1. The zero-order valence-electron chi connectivity index (χ0n) is 10.1. The van der Waals surface area contributed by atoms with Crippen molar-refractivity contribution >= 4 is 23.5 Å². The number of hydrogen-bond acceptors (Lipinski definition) is 3. The van der Waals surface area contributed by atoms with Crippen molar-refractivity contribution in [2.24, 2.45) is 5.73 Å². The summed E-state index contributed by atoms with van der Waals surface area (Å²) in [6, 6.07) is 6.28. The van der Waals surface area contributed by atoms with Crippen LogP contribution in [0.4, 0.5) is 4.39 Å². The number of halogens is 2. The fraction of sp³-hybridized carbons (Fsp3) is 0.0769.